The van der Waals surface area contributed by atoms with Crippen LogP contribution >= 0.6 is 22.9 Å². The van der Waals surface area contributed by atoms with Gasteiger partial charge in [0.15, 0.2) is 4.80 Å². The van der Waals surface area contributed by atoms with Crippen molar-refractivity contribution in [2.24, 2.45) is 4.99 Å². The Morgan fingerprint density at radius 2 is 1.93 bits per heavy atom. The molecule has 9 nitrogen and oxygen atoms in total. The zero-order valence-corrected chi connectivity index (χ0v) is 25.4. The maximum atomic E-state index is 14.1. The molecule has 1 aliphatic heterocycles. The number of carboxylic acid groups (broad SMARTS) is 1. The first-order valence-electron chi connectivity index (χ1n) is 13.6. The second-order valence-corrected chi connectivity index (χ2v) is 11.3. The van der Waals surface area contributed by atoms with Gasteiger partial charge in [-0.1, -0.05) is 53.3 Å². The topological polar surface area (TPSA) is 120 Å². The summed E-state index contributed by atoms with van der Waals surface area (Å²) in [5.74, 6) is -0.430. The standard InChI is InChI=1S/C33H25ClN2O7S/c1-4-42-32(40)27-17(2)35-33-36(29(27)28-21-8-6-5-7-18(21)10-13-25(28)41-3)30(37)26(44-33)16-20-11-14-24(43-20)19-9-12-23(34)22(15-19)31(38)39/h5-16,29H,4H2,1-3H3,(H,38,39)/b26-16+. The Labute approximate surface area is 259 Å². The number of hydrogen-bond acceptors (Lipinski definition) is 8. The van der Waals surface area contributed by atoms with E-state index in [1.165, 1.54) is 16.7 Å². The van der Waals surface area contributed by atoms with Gasteiger partial charge in [-0.05, 0) is 61.0 Å². The first kappa shape index (κ1) is 29.2. The zero-order valence-electron chi connectivity index (χ0n) is 23.8. The summed E-state index contributed by atoms with van der Waals surface area (Å²) >= 11 is 7.18. The van der Waals surface area contributed by atoms with Crippen LogP contribution in [0.3, 0.4) is 0 Å². The average molecular weight is 629 g/mol. The highest BCUT2D eigenvalue weighted by Gasteiger charge is 2.36. The monoisotopic (exact) mass is 628 g/mol. The predicted octanol–water partition coefficient (Wildman–Crippen LogP) is 5.57. The number of thiazole rings is 1. The van der Waals surface area contributed by atoms with Crippen molar-refractivity contribution in [3.05, 3.63) is 120 Å². The molecule has 2 aromatic heterocycles. The molecule has 0 radical (unpaired) electrons. The number of furan rings is 1. The lowest BCUT2D eigenvalue weighted by atomic mass is 9.90. The van der Waals surface area contributed by atoms with E-state index in [0.717, 1.165) is 22.1 Å². The Balaban J connectivity index is 1.54. The van der Waals surface area contributed by atoms with Crippen LogP contribution < -0.4 is 19.6 Å². The second-order valence-electron chi connectivity index (χ2n) is 9.91. The minimum Gasteiger partial charge on any atom is -0.496 e. The summed E-state index contributed by atoms with van der Waals surface area (Å²) < 4.78 is 19.0. The number of carbonyl (C=O) groups excluding carboxylic acids is 1. The second kappa shape index (κ2) is 11.6. The van der Waals surface area contributed by atoms with Crippen molar-refractivity contribution >= 4 is 51.7 Å². The number of aromatic carboxylic acids is 1. The van der Waals surface area contributed by atoms with Crippen LogP contribution in [0.25, 0.3) is 28.2 Å². The Kier molecular flexibility index (Phi) is 7.71. The molecule has 0 bridgehead atoms. The highest BCUT2D eigenvalue weighted by Crippen LogP contribution is 2.40. The number of allylic oxidation sites excluding steroid dienone is 1. The van der Waals surface area contributed by atoms with E-state index >= 15 is 0 Å². The molecule has 5 aromatic rings. The lowest BCUT2D eigenvalue weighted by molar-refractivity contribution is -0.139. The number of ether oxygens (including phenoxy) is 2. The number of nitrogens with zero attached hydrogens (tertiary/aromatic N) is 2. The summed E-state index contributed by atoms with van der Waals surface area (Å²) in [7, 11) is 1.55. The molecule has 1 atom stereocenters. The maximum absolute atomic E-state index is 14.1. The molecule has 1 aliphatic rings. The van der Waals surface area contributed by atoms with Crippen LogP contribution in [0.15, 0.2) is 92.2 Å². The van der Waals surface area contributed by atoms with Gasteiger partial charge in [0.05, 0.1) is 40.1 Å². The molecule has 0 amide bonds. The predicted molar refractivity (Wildman–Crippen MR) is 167 cm³/mol. The SMILES string of the molecule is CCOC(=O)C1=C(C)N=c2s/c(=C/c3ccc(-c4ccc(Cl)c(C(=O)O)c4)o3)c(=O)n2C1c1c(OC)ccc2ccccc12. The molecule has 0 fully saturated rings. The van der Waals surface area contributed by atoms with Gasteiger partial charge in [-0.15, -0.1) is 0 Å². The lowest BCUT2D eigenvalue weighted by Crippen LogP contribution is -2.40. The summed E-state index contributed by atoms with van der Waals surface area (Å²) in [6.07, 6.45) is 1.60. The number of fused-ring (bicyclic) bond motifs is 2. The van der Waals surface area contributed by atoms with E-state index in [1.54, 1.807) is 45.2 Å². The first-order valence-corrected chi connectivity index (χ1v) is 14.8. The summed E-state index contributed by atoms with van der Waals surface area (Å²) in [6.45, 7) is 3.60. The third-order valence-electron chi connectivity index (χ3n) is 7.32. The third kappa shape index (κ3) is 5.01. The van der Waals surface area contributed by atoms with Crippen molar-refractivity contribution in [2.45, 2.75) is 19.9 Å². The van der Waals surface area contributed by atoms with Gasteiger partial charge in [-0.25, -0.2) is 14.6 Å². The normalized spacial score (nSPS) is 14.8. The van der Waals surface area contributed by atoms with Gasteiger partial charge in [-0.3, -0.25) is 9.36 Å². The van der Waals surface area contributed by atoms with Crippen molar-refractivity contribution in [1.29, 1.82) is 0 Å². The van der Waals surface area contributed by atoms with Crippen LogP contribution in [0.4, 0.5) is 0 Å². The quantitative estimate of drug-likeness (QED) is 0.234. The van der Waals surface area contributed by atoms with Crippen molar-refractivity contribution in [2.75, 3.05) is 13.7 Å². The molecule has 11 heteroatoms. The highest BCUT2D eigenvalue weighted by molar-refractivity contribution is 7.07. The number of carbonyl (C=O) groups is 2. The van der Waals surface area contributed by atoms with Crippen LogP contribution in [0, 0.1) is 0 Å². The van der Waals surface area contributed by atoms with Crippen molar-refractivity contribution in [3.8, 4) is 17.1 Å². The maximum Gasteiger partial charge on any atom is 0.338 e. The van der Waals surface area contributed by atoms with E-state index in [4.69, 9.17) is 25.5 Å². The minimum atomic E-state index is -1.15. The Morgan fingerprint density at radius 3 is 2.68 bits per heavy atom. The number of hydrogen-bond donors (Lipinski definition) is 1. The van der Waals surface area contributed by atoms with Gasteiger partial charge in [0.25, 0.3) is 5.56 Å². The van der Waals surface area contributed by atoms with E-state index in [1.807, 2.05) is 36.4 Å². The Hall–Kier alpha value is -4.93. The summed E-state index contributed by atoms with van der Waals surface area (Å²) in [5.41, 5.74) is 1.43. The lowest BCUT2D eigenvalue weighted by Gasteiger charge is -2.27. The van der Waals surface area contributed by atoms with E-state index in [0.29, 0.717) is 43.4 Å². The van der Waals surface area contributed by atoms with E-state index < -0.39 is 18.0 Å². The van der Waals surface area contributed by atoms with Crippen molar-refractivity contribution in [3.63, 3.8) is 0 Å². The van der Waals surface area contributed by atoms with Crippen LogP contribution in [-0.2, 0) is 9.53 Å². The number of rotatable bonds is 7. The summed E-state index contributed by atoms with van der Waals surface area (Å²) in [4.78, 5) is 44.2. The van der Waals surface area contributed by atoms with Gasteiger partial charge in [-0.2, -0.15) is 0 Å². The zero-order chi connectivity index (χ0) is 31.1. The number of halogens is 1. The number of carboxylic acids is 1. The molecule has 0 saturated carbocycles. The number of benzene rings is 3. The van der Waals surface area contributed by atoms with Gasteiger partial charge < -0.3 is 19.0 Å². The first-order chi connectivity index (χ1) is 21.2. The van der Waals surface area contributed by atoms with Crippen molar-refractivity contribution < 1.29 is 28.6 Å². The van der Waals surface area contributed by atoms with Crippen LogP contribution in [0.2, 0.25) is 5.02 Å². The molecular formula is C33H25ClN2O7S. The van der Waals surface area contributed by atoms with E-state index in [-0.39, 0.29) is 28.3 Å². The number of esters is 1. The number of methoxy groups -OCH3 is 1. The summed E-state index contributed by atoms with van der Waals surface area (Å²) in [5, 5.41) is 11.3. The van der Waals surface area contributed by atoms with E-state index in [2.05, 4.69) is 4.99 Å². The minimum absolute atomic E-state index is 0.0490. The van der Waals surface area contributed by atoms with Gasteiger partial charge >= 0.3 is 11.9 Å². The van der Waals surface area contributed by atoms with Crippen LogP contribution in [0.1, 0.15) is 41.6 Å². The molecule has 222 valence electrons. The van der Waals surface area contributed by atoms with Crippen molar-refractivity contribution in [1.82, 2.24) is 4.57 Å². The Bertz CT molecular complexity index is 2190. The smallest absolute Gasteiger partial charge is 0.338 e. The largest absolute Gasteiger partial charge is 0.496 e. The fourth-order valence-electron chi connectivity index (χ4n) is 5.36. The van der Waals surface area contributed by atoms with Gasteiger partial charge in [0, 0.05) is 17.2 Å². The number of aromatic nitrogens is 1. The fraction of sp³-hybridized carbons (Fsp3) is 0.152. The third-order valence-corrected chi connectivity index (χ3v) is 8.64. The Morgan fingerprint density at radius 1 is 1.14 bits per heavy atom. The molecular weight excluding hydrogens is 604 g/mol. The van der Waals surface area contributed by atoms with Gasteiger partial charge in [0.2, 0.25) is 0 Å². The molecule has 3 heterocycles. The molecule has 3 aromatic carbocycles. The molecule has 1 unspecified atom stereocenters. The molecule has 1 N–H and O–H groups in total. The molecule has 0 saturated heterocycles. The summed E-state index contributed by atoms with van der Waals surface area (Å²) in [6, 6.07) is 18.5. The molecule has 0 aliphatic carbocycles. The average Bonchev–Trinajstić information content (AvgIpc) is 3.60. The molecule has 6 rings (SSSR count). The van der Waals surface area contributed by atoms with E-state index in [9.17, 15) is 19.5 Å². The fourth-order valence-corrected chi connectivity index (χ4v) is 6.58. The van der Waals surface area contributed by atoms with Crippen LogP contribution in [0.5, 0.6) is 5.75 Å². The van der Waals surface area contributed by atoms with Gasteiger partial charge in [0.1, 0.15) is 23.3 Å². The molecule has 44 heavy (non-hydrogen) atoms. The molecule has 0 spiro atoms. The van der Waals surface area contributed by atoms with Crippen LogP contribution in [-0.4, -0.2) is 35.3 Å². The highest BCUT2D eigenvalue weighted by atomic mass is 35.5.